The average Bonchev–Trinajstić information content (AvgIpc) is 4.06. The van der Waals surface area contributed by atoms with Crippen molar-refractivity contribution in [1.29, 1.82) is 0 Å². The van der Waals surface area contributed by atoms with Gasteiger partial charge in [0.2, 0.25) is 0 Å². The van der Waals surface area contributed by atoms with Gasteiger partial charge in [-0.05, 0) is 107 Å². The third-order valence-corrected chi connectivity index (χ3v) is 13.9. The highest BCUT2D eigenvalue weighted by Gasteiger charge is 2.22. The molecule has 0 bridgehead atoms. The summed E-state index contributed by atoms with van der Waals surface area (Å²) in [5.74, 6) is 0. The van der Waals surface area contributed by atoms with Crippen LogP contribution in [0.3, 0.4) is 0 Å². The third-order valence-electron chi connectivity index (χ3n) is 13.9. The van der Waals surface area contributed by atoms with Gasteiger partial charge in [-0.1, -0.05) is 164 Å². The molecule has 0 aliphatic carbocycles. The van der Waals surface area contributed by atoms with Crippen molar-refractivity contribution in [2.75, 3.05) is 4.90 Å². The number of anilines is 3. The summed E-state index contributed by atoms with van der Waals surface area (Å²) in [5.41, 5.74) is 16.3. The molecule has 0 N–H and O–H groups in total. The van der Waals surface area contributed by atoms with Gasteiger partial charge in [0.05, 0.1) is 27.8 Å². The van der Waals surface area contributed by atoms with E-state index in [-0.39, 0.29) is 0 Å². The van der Waals surface area contributed by atoms with Crippen molar-refractivity contribution in [2.24, 2.45) is 0 Å². The predicted molar refractivity (Wildman–Crippen MR) is 285 cm³/mol. The lowest BCUT2D eigenvalue weighted by molar-refractivity contribution is 0.670. The summed E-state index contributed by atoms with van der Waals surface area (Å²) in [4.78, 5) is 2.40. The Morgan fingerprint density at radius 1 is 0.309 bits per heavy atom. The molecule has 318 valence electrons. The molecule has 4 heteroatoms. The fourth-order valence-electron chi connectivity index (χ4n) is 10.8. The third kappa shape index (κ3) is 5.94. The van der Waals surface area contributed by atoms with Crippen molar-refractivity contribution in [2.45, 2.75) is 0 Å². The Morgan fingerprint density at radius 3 is 1.46 bits per heavy atom. The maximum absolute atomic E-state index is 6.87. The second-order valence-corrected chi connectivity index (χ2v) is 17.7. The summed E-state index contributed by atoms with van der Waals surface area (Å²) >= 11 is 0. The van der Waals surface area contributed by atoms with Crippen molar-refractivity contribution >= 4 is 93.4 Å². The minimum Gasteiger partial charge on any atom is -0.455 e. The summed E-state index contributed by atoms with van der Waals surface area (Å²) in [5, 5.41) is 9.57. The number of para-hydroxylation sites is 6. The molecule has 0 saturated heterocycles. The molecular formula is C64H41N3O. The molecule has 3 aromatic heterocycles. The first-order valence-electron chi connectivity index (χ1n) is 23.2. The van der Waals surface area contributed by atoms with Crippen molar-refractivity contribution in [3.63, 3.8) is 0 Å². The van der Waals surface area contributed by atoms with Crippen molar-refractivity contribution in [1.82, 2.24) is 9.13 Å². The highest BCUT2D eigenvalue weighted by Crippen LogP contribution is 2.46. The molecule has 14 rings (SSSR count). The molecule has 14 aromatic rings. The van der Waals surface area contributed by atoms with Gasteiger partial charge in [0.1, 0.15) is 11.2 Å². The molecular weight excluding hydrogens is 827 g/mol. The van der Waals surface area contributed by atoms with Gasteiger partial charge in [-0.25, -0.2) is 0 Å². The lowest BCUT2D eigenvalue weighted by Gasteiger charge is -2.28. The Kier molecular flexibility index (Phi) is 8.55. The molecule has 68 heavy (non-hydrogen) atoms. The van der Waals surface area contributed by atoms with Crippen LogP contribution in [0.25, 0.3) is 110 Å². The minimum absolute atomic E-state index is 0.878. The monoisotopic (exact) mass is 867 g/mol. The van der Waals surface area contributed by atoms with Crippen LogP contribution in [0.2, 0.25) is 0 Å². The van der Waals surface area contributed by atoms with E-state index in [0.29, 0.717) is 0 Å². The Morgan fingerprint density at radius 2 is 0.809 bits per heavy atom. The van der Waals surface area contributed by atoms with Gasteiger partial charge in [0.15, 0.2) is 0 Å². The summed E-state index contributed by atoms with van der Waals surface area (Å²) in [6.45, 7) is 0. The van der Waals surface area contributed by atoms with E-state index in [2.05, 4.69) is 263 Å². The fraction of sp³-hybridized carbons (Fsp3) is 0. The van der Waals surface area contributed by atoms with E-state index in [9.17, 15) is 0 Å². The standard InChI is InChI=1S/C64H41N3O/c1-2-17-45-40-63-57(39-44(45)16-1)56-28-15-27-55(64(56)68-63)54-26-7-8-29-58(54)65(48-20-14-21-49(41-48)67-61-32-11-5-24-52(61)53-25-6-12-33-62(53)67)46-36-34-42(35-37-46)43-18-13-19-47(38-43)66-59-30-9-3-22-50(59)51-23-4-10-31-60(51)66/h1-41H. The molecule has 0 radical (unpaired) electrons. The highest BCUT2D eigenvalue weighted by atomic mass is 16.3. The zero-order chi connectivity index (χ0) is 44.7. The maximum Gasteiger partial charge on any atom is 0.143 e. The molecule has 0 saturated carbocycles. The second kappa shape index (κ2) is 15.2. The predicted octanol–water partition coefficient (Wildman–Crippen LogP) is 17.7. The van der Waals surface area contributed by atoms with Crippen LogP contribution < -0.4 is 4.90 Å². The van der Waals surface area contributed by atoms with E-state index in [1.165, 1.54) is 49.0 Å². The minimum atomic E-state index is 0.878. The number of benzene rings is 11. The second-order valence-electron chi connectivity index (χ2n) is 17.7. The number of rotatable bonds is 7. The smallest absolute Gasteiger partial charge is 0.143 e. The highest BCUT2D eigenvalue weighted by molar-refractivity contribution is 6.14. The van der Waals surface area contributed by atoms with E-state index < -0.39 is 0 Å². The maximum atomic E-state index is 6.87. The van der Waals surface area contributed by atoms with Crippen LogP contribution in [-0.2, 0) is 0 Å². The Labute approximate surface area is 392 Å². The van der Waals surface area contributed by atoms with Crippen molar-refractivity contribution in [3.8, 4) is 33.6 Å². The van der Waals surface area contributed by atoms with Crippen LogP contribution in [-0.4, -0.2) is 9.13 Å². The molecule has 3 heterocycles. The molecule has 0 spiro atoms. The van der Waals surface area contributed by atoms with Crippen molar-refractivity contribution in [3.05, 3.63) is 249 Å². The van der Waals surface area contributed by atoms with Gasteiger partial charge < -0.3 is 18.5 Å². The van der Waals surface area contributed by atoms with Crippen LogP contribution in [0, 0.1) is 0 Å². The first-order valence-corrected chi connectivity index (χ1v) is 23.2. The van der Waals surface area contributed by atoms with E-state index in [1.54, 1.807) is 0 Å². The van der Waals surface area contributed by atoms with Crippen molar-refractivity contribution < 1.29 is 4.42 Å². The molecule has 0 amide bonds. The van der Waals surface area contributed by atoms with E-state index in [1.807, 2.05) is 0 Å². The number of furan rings is 1. The normalized spacial score (nSPS) is 11.8. The van der Waals surface area contributed by atoms with E-state index in [0.717, 1.165) is 78.0 Å². The summed E-state index contributed by atoms with van der Waals surface area (Å²) in [7, 11) is 0. The number of hydrogen-bond acceptors (Lipinski definition) is 2. The molecule has 0 fully saturated rings. The molecule has 11 aromatic carbocycles. The van der Waals surface area contributed by atoms with Crippen LogP contribution >= 0.6 is 0 Å². The number of fused-ring (bicyclic) bond motifs is 10. The first-order chi connectivity index (χ1) is 33.7. The Bertz CT molecular complexity index is 4180. The lowest BCUT2D eigenvalue weighted by atomic mass is 9.98. The molecule has 0 unspecified atom stereocenters. The quantitative estimate of drug-likeness (QED) is 0.160. The SMILES string of the molecule is c1cc(-c2ccc(N(c3cccc(-n4c5ccccc5c5ccccc54)c3)c3ccccc3-c3cccc4c3oc3cc5ccccc5cc34)cc2)cc(-n2c3ccccc3c3ccccc32)c1. The van der Waals surface area contributed by atoms with E-state index >= 15 is 0 Å². The average molecular weight is 868 g/mol. The number of hydrogen-bond donors (Lipinski definition) is 0. The van der Waals surface area contributed by atoms with Gasteiger partial charge >= 0.3 is 0 Å². The fourth-order valence-corrected chi connectivity index (χ4v) is 10.8. The Balaban J connectivity index is 0.941. The summed E-state index contributed by atoms with van der Waals surface area (Å²) in [6.07, 6.45) is 0. The molecule has 0 aliphatic heterocycles. The van der Waals surface area contributed by atoms with E-state index in [4.69, 9.17) is 4.42 Å². The zero-order valence-electron chi connectivity index (χ0n) is 36.9. The largest absolute Gasteiger partial charge is 0.455 e. The first kappa shape index (κ1) is 38.2. The van der Waals surface area contributed by atoms with Gasteiger partial charge in [-0.15, -0.1) is 0 Å². The molecule has 0 atom stereocenters. The number of nitrogens with zero attached hydrogens (tertiary/aromatic N) is 3. The van der Waals surface area contributed by atoms with Crippen LogP contribution in [0.4, 0.5) is 17.1 Å². The Hall–Kier alpha value is -9.12. The summed E-state index contributed by atoms with van der Waals surface area (Å²) in [6, 6.07) is 89.9. The van der Waals surface area contributed by atoms with Gasteiger partial charge in [-0.2, -0.15) is 0 Å². The van der Waals surface area contributed by atoms with Gasteiger partial charge in [0.25, 0.3) is 0 Å². The molecule has 0 aliphatic rings. The number of aromatic nitrogens is 2. The summed E-state index contributed by atoms with van der Waals surface area (Å²) < 4.78 is 11.6. The topological polar surface area (TPSA) is 26.2 Å². The molecule has 4 nitrogen and oxygen atoms in total. The van der Waals surface area contributed by atoms with Crippen LogP contribution in [0.1, 0.15) is 0 Å². The van der Waals surface area contributed by atoms with Gasteiger partial charge in [-0.3, -0.25) is 0 Å². The lowest BCUT2D eigenvalue weighted by Crippen LogP contribution is -2.12. The zero-order valence-corrected chi connectivity index (χ0v) is 36.9. The van der Waals surface area contributed by atoms with Crippen LogP contribution in [0.15, 0.2) is 253 Å². The van der Waals surface area contributed by atoms with Crippen LogP contribution in [0.5, 0.6) is 0 Å². The van der Waals surface area contributed by atoms with Gasteiger partial charge in [0, 0.05) is 66.2 Å².